The molecule has 1 aromatic rings. The first-order chi connectivity index (χ1) is 9.56. The van der Waals surface area contributed by atoms with E-state index >= 15 is 0 Å². The van der Waals surface area contributed by atoms with Crippen LogP contribution in [0.2, 0.25) is 0 Å². The van der Waals surface area contributed by atoms with Crippen LogP contribution in [0.1, 0.15) is 31.4 Å². The summed E-state index contributed by atoms with van der Waals surface area (Å²) in [6, 6.07) is 8.61. The van der Waals surface area contributed by atoms with E-state index in [0.29, 0.717) is 18.2 Å². The number of nitrogens with one attached hydrogen (secondary N) is 1. The zero-order valence-electron chi connectivity index (χ0n) is 13.0. The third-order valence-electron chi connectivity index (χ3n) is 4.11. The van der Waals surface area contributed by atoms with Gasteiger partial charge in [-0.1, -0.05) is 38.1 Å². The fraction of sp³-hybridized carbons (Fsp3) is 0.588. The largest absolute Gasteiger partial charge is 0.331 e. The van der Waals surface area contributed by atoms with E-state index in [1.807, 2.05) is 4.90 Å². The van der Waals surface area contributed by atoms with Crippen LogP contribution in [0.4, 0.5) is 0 Å². The van der Waals surface area contributed by atoms with E-state index in [4.69, 9.17) is 0 Å². The maximum absolute atomic E-state index is 12.0. The van der Waals surface area contributed by atoms with Crippen LogP contribution in [0.15, 0.2) is 24.3 Å². The van der Waals surface area contributed by atoms with Gasteiger partial charge in [0, 0.05) is 12.0 Å². The molecule has 1 aliphatic rings. The molecule has 1 N–H and O–H groups in total. The molecular weight excluding hydrogens is 248 g/mol. The minimum absolute atomic E-state index is 0.329. The minimum atomic E-state index is 0.329. The number of hydrogen-bond donors (Lipinski definition) is 1. The highest BCUT2D eigenvalue weighted by Gasteiger charge is 2.24. The van der Waals surface area contributed by atoms with Crippen molar-refractivity contribution in [1.29, 1.82) is 0 Å². The molecule has 3 heteroatoms. The fourth-order valence-electron chi connectivity index (χ4n) is 2.81. The average Bonchev–Trinajstić information content (AvgIpc) is 2.41. The van der Waals surface area contributed by atoms with Gasteiger partial charge in [0.15, 0.2) is 0 Å². The zero-order valence-corrected chi connectivity index (χ0v) is 13.0. The van der Waals surface area contributed by atoms with Gasteiger partial charge in [-0.3, -0.25) is 4.79 Å². The quantitative estimate of drug-likeness (QED) is 0.879. The SMILES string of the molecule is Cc1ccccc1C[NH+]1CCN(C(=O)CC(C)C)CC1. The highest BCUT2D eigenvalue weighted by atomic mass is 16.2. The Kier molecular flexibility index (Phi) is 5.18. The van der Waals surface area contributed by atoms with Gasteiger partial charge in [-0.2, -0.15) is 0 Å². The van der Waals surface area contributed by atoms with Gasteiger partial charge >= 0.3 is 0 Å². The normalized spacial score (nSPS) is 16.7. The van der Waals surface area contributed by atoms with Gasteiger partial charge in [0.05, 0.1) is 26.2 Å². The lowest BCUT2D eigenvalue weighted by Crippen LogP contribution is -3.13. The van der Waals surface area contributed by atoms with Crippen molar-refractivity contribution in [3.63, 3.8) is 0 Å². The first-order valence-electron chi connectivity index (χ1n) is 7.72. The summed E-state index contributed by atoms with van der Waals surface area (Å²) < 4.78 is 0. The van der Waals surface area contributed by atoms with Gasteiger partial charge < -0.3 is 9.80 Å². The summed E-state index contributed by atoms with van der Waals surface area (Å²) in [6.07, 6.45) is 0.688. The number of benzene rings is 1. The third kappa shape index (κ3) is 4.07. The lowest BCUT2D eigenvalue weighted by Gasteiger charge is -2.33. The summed E-state index contributed by atoms with van der Waals surface area (Å²) in [6.45, 7) is 11.4. The standard InChI is InChI=1S/C17H26N2O/c1-14(2)12-17(20)19-10-8-18(9-11-19)13-16-7-5-4-6-15(16)3/h4-7,14H,8-13H2,1-3H3/p+1. The Bertz CT molecular complexity index is 448. The molecule has 0 unspecified atom stereocenters. The third-order valence-corrected chi connectivity index (χ3v) is 4.11. The molecule has 20 heavy (non-hydrogen) atoms. The molecular formula is C17H27N2O+. The van der Waals surface area contributed by atoms with Crippen LogP contribution < -0.4 is 4.90 Å². The maximum atomic E-state index is 12.0. The number of carbonyl (C=O) groups is 1. The van der Waals surface area contributed by atoms with Crippen LogP contribution in [0.5, 0.6) is 0 Å². The molecule has 110 valence electrons. The molecule has 0 atom stereocenters. The van der Waals surface area contributed by atoms with Gasteiger partial charge in [-0.05, 0) is 18.4 Å². The van der Waals surface area contributed by atoms with E-state index in [9.17, 15) is 4.79 Å². The van der Waals surface area contributed by atoms with Crippen LogP contribution in [0.3, 0.4) is 0 Å². The van der Waals surface area contributed by atoms with Crippen LogP contribution in [0, 0.1) is 12.8 Å². The molecule has 2 rings (SSSR count). The van der Waals surface area contributed by atoms with E-state index in [1.165, 1.54) is 11.1 Å². The van der Waals surface area contributed by atoms with E-state index < -0.39 is 0 Å². The zero-order chi connectivity index (χ0) is 14.5. The van der Waals surface area contributed by atoms with E-state index in [-0.39, 0.29) is 0 Å². The summed E-state index contributed by atoms with van der Waals surface area (Å²) in [7, 11) is 0. The molecule has 1 saturated heterocycles. The Balaban J connectivity index is 1.83. The number of quaternary nitrogens is 1. The summed E-state index contributed by atoms with van der Waals surface area (Å²) in [4.78, 5) is 15.7. The Morgan fingerprint density at radius 1 is 1.25 bits per heavy atom. The predicted molar refractivity (Wildman–Crippen MR) is 81.6 cm³/mol. The number of aryl methyl sites for hydroxylation is 1. The van der Waals surface area contributed by atoms with Crippen LogP contribution in [-0.2, 0) is 11.3 Å². The van der Waals surface area contributed by atoms with Gasteiger partial charge in [0.25, 0.3) is 0 Å². The summed E-state index contributed by atoms with van der Waals surface area (Å²) in [5, 5.41) is 0. The maximum Gasteiger partial charge on any atom is 0.223 e. The average molecular weight is 275 g/mol. The predicted octanol–water partition coefficient (Wildman–Crippen LogP) is 1.27. The van der Waals surface area contributed by atoms with Crippen LogP contribution >= 0.6 is 0 Å². The molecule has 0 spiro atoms. The van der Waals surface area contributed by atoms with Gasteiger partial charge in [0.2, 0.25) is 5.91 Å². The summed E-state index contributed by atoms with van der Waals surface area (Å²) in [5.41, 5.74) is 2.81. The smallest absolute Gasteiger partial charge is 0.223 e. The molecule has 1 amide bonds. The fourth-order valence-corrected chi connectivity index (χ4v) is 2.81. The van der Waals surface area contributed by atoms with Gasteiger partial charge in [-0.15, -0.1) is 0 Å². The van der Waals surface area contributed by atoms with E-state index in [1.54, 1.807) is 4.90 Å². The lowest BCUT2D eigenvalue weighted by atomic mass is 10.1. The number of nitrogens with zero attached hydrogens (tertiary/aromatic N) is 1. The topological polar surface area (TPSA) is 24.8 Å². The van der Waals surface area contributed by atoms with Crippen molar-refractivity contribution in [2.24, 2.45) is 5.92 Å². The van der Waals surface area contributed by atoms with Gasteiger partial charge in [0.1, 0.15) is 6.54 Å². The molecule has 1 aromatic carbocycles. The van der Waals surface area contributed by atoms with Crippen molar-refractivity contribution in [3.8, 4) is 0 Å². The molecule has 3 nitrogen and oxygen atoms in total. The second-order valence-electron chi connectivity index (χ2n) is 6.33. The Morgan fingerprint density at radius 2 is 1.90 bits per heavy atom. The summed E-state index contributed by atoms with van der Waals surface area (Å²) in [5.74, 6) is 0.787. The second-order valence-corrected chi connectivity index (χ2v) is 6.33. The van der Waals surface area contributed by atoms with Gasteiger partial charge in [-0.25, -0.2) is 0 Å². The molecule has 0 bridgehead atoms. The Morgan fingerprint density at radius 3 is 2.50 bits per heavy atom. The minimum Gasteiger partial charge on any atom is -0.331 e. The van der Waals surface area contributed by atoms with E-state index in [2.05, 4.69) is 45.0 Å². The van der Waals surface area contributed by atoms with Crippen molar-refractivity contribution in [3.05, 3.63) is 35.4 Å². The van der Waals surface area contributed by atoms with E-state index in [0.717, 1.165) is 32.7 Å². The molecule has 1 aliphatic heterocycles. The number of rotatable bonds is 4. The van der Waals surface area contributed by atoms with Crippen molar-refractivity contribution < 1.29 is 9.69 Å². The lowest BCUT2D eigenvalue weighted by molar-refractivity contribution is -0.917. The highest BCUT2D eigenvalue weighted by Crippen LogP contribution is 2.06. The van der Waals surface area contributed by atoms with Crippen molar-refractivity contribution in [1.82, 2.24) is 4.90 Å². The van der Waals surface area contributed by atoms with Crippen molar-refractivity contribution >= 4 is 5.91 Å². The van der Waals surface area contributed by atoms with Crippen LogP contribution in [0.25, 0.3) is 0 Å². The summed E-state index contributed by atoms with van der Waals surface area (Å²) >= 11 is 0. The monoisotopic (exact) mass is 275 g/mol. The number of amides is 1. The number of piperazine rings is 1. The first-order valence-corrected chi connectivity index (χ1v) is 7.72. The van der Waals surface area contributed by atoms with Crippen molar-refractivity contribution in [2.45, 2.75) is 33.7 Å². The Hall–Kier alpha value is -1.35. The second kappa shape index (κ2) is 6.89. The molecule has 0 aliphatic carbocycles. The molecule has 0 saturated carbocycles. The van der Waals surface area contributed by atoms with Crippen LogP contribution in [-0.4, -0.2) is 37.0 Å². The first kappa shape index (κ1) is 15.0. The molecule has 0 radical (unpaired) electrons. The van der Waals surface area contributed by atoms with Crippen molar-refractivity contribution in [2.75, 3.05) is 26.2 Å². The Labute approximate surface area is 122 Å². The molecule has 1 heterocycles. The molecule has 0 aromatic heterocycles. The number of carbonyl (C=O) groups excluding carboxylic acids is 1. The number of hydrogen-bond acceptors (Lipinski definition) is 1. The highest BCUT2D eigenvalue weighted by molar-refractivity contribution is 5.76. The molecule has 1 fully saturated rings.